The molecule has 0 saturated carbocycles. The highest BCUT2D eigenvalue weighted by Gasteiger charge is 2.46. The summed E-state index contributed by atoms with van der Waals surface area (Å²) in [5, 5.41) is 19.6. The SMILES string of the molecule is COC(=O)N1C2CCC(O)C1CCC2O. The molecule has 0 aromatic carbocycles. The standard InChI is InChI=1S/C10H17NO4/c1-15-10(14)11-6-2-4-8(12)7(11)3-5-9(6)13/h6-9,12-13H,2-5H2,1H3. The molecule has 0 radical (unpaired) electrons. The Labute approximate surface area is 88.6 Å². The number of carbonyl (C=O) groups is 1. The number of carbonyl (C=O) groups excluding carboxylic acids is 1. The summed E-state index contributed by atoms with van der Waals surface area (Å²) < 4.78 is 4.69. The lowest BCUT2D eigenvalue weighted by Crippen LogP contribution is -2.62. The second kappa shape index (κ2) is 3.98. The van der Waals surface area contributed by atoms with E-state index < -0.39 is 18.3 Å². The molecule has 0 aromatic heterocycles. The zero-order valence-corrected chi connectivity index (χ0v) is 8.80. The van der Waals surface area contributed by atoms with Gasteiger partial charge in [-0.3, -0.25) is 4.90 Å². The van der Waals surface area contributed by atoms with E-state index in [0.717, 1.165) is 0 Å². The van der Waals surface area contributed by atoms with Crippen molar-refractivity contribution in [3.63, 3.8) is 0 Å². The third-order valence-electron chi connectivity index (χ3n) is 3.50. The number of aliphatic hydroxyl groups is 2. The largest absolute Gasteiger partial charge is 0.453 e. The van der Waals surface area contributed by atoms with E-state index in [1.165, 1.54) is 12.0 Å². The minimum atomic E-state index is -0.479. The summed E-state index contributed by atoms with van der Waals surface area (Å²) >= 11 is 0. The summed E-state index contributed by atoms with van der Waals surface area (Å²) in [6.45, 7) is 0. The molecule has 2 aliphatic rings. The lowest BCUT2D eigenvalue weighted by Gasteiger charge is -2.49. The summed E-state index contributed by atoms with van der Waals surface area (Å²) in [7, 11) is 1.32. The van der Waals surface area contributed by atoms with E-state index in [9.17, 15) is 15.0 Å². The molecular weight excluding hydrogens is 198 g/mol. The van der Waals surface area contributed by atoms with E-state index in [1.54, 1.807) is 0 Å². The highest BCUT2D eigenvalue weighted by atomic mass is 16.5. The number of hydrogen-bond acceptors (Lipinski definition) is 4. The van der Waals surface area contributed by atoms with Gasteiger partial charge in [-0.1, -0.05) is 0 Å². The minimum Gasteiger partial charge on any atom is -0.453 e. The van der Waals surface area contributed by atoms with Crippen LogP contribution in [0.5, 0.6) is 0 Å². The summed E-state index contributed by atoms with van der Waals surface area (Å²) in [5.74, 6) is 0. The Kier molecular flexibility index (Phi) is 2.84. The molecule has 2 saturated heterocycles. The topological polar surface area (TPSA) is 70.0 Å². The zero-order valence-electron chi connectivity index (χ0n) is 8.80. The van der Waals surface area contributed by atoms with Crippen LogP contribution in [0.4, 0.5) is 4.79 Å². The molecule has 86 valence electrons. The van der Waals surface area contributed by atoms with E-state index in [1.807, 2.05) is 0 Å². The maximum Gasteiger partial charge on any atom is 0.410 e. The van der Waals surface area contributed by atoms with Gasteiger partial charge in [0.15, 0.2) is 0 Å². The second-order valence-corrected chi connectivity index (χ2v) is 4.30. The van der Waals surface area contributed by atoms with Gasteiger partial charge >= 0.3 is 6.09 Å². The molecule has 4 unspecified atom stereocenters. The third kappa shape index (κ3) is 1.70. The van der Waals surface area contributed by atoms with Gasteiger partial charge in [0, 0.05) is 0 Å². The average molecular weight is 215 g/mol. The van der Waals surface area contributed by atoms with E-state index >= 15 is 0 Å². The molecule has 2 rings (SSSR count). The number of fused-ring (bicyclic) bond motifs is 2. The van der Waals surface area contributed by atoms with Gasteiger partial charge in [0.1, 0.15) is 0 Å². The number of rotatable bonds is 0. The maximum absolute atomic E-state index is 11.6. The number of aliphatic hydroxyl groups excluding tert-OH is 2. The molecule has 4 atom stereocenters. The van der Waals surface area contributed by atoms with Crippen molar-refractivity contribution >= 4 is 6.09 Å². The van der Waals surface area contributed by atoms with Gasteiger partial charge < -0.3 is 14.9 Å². The Balaban J connectivity index is 2.21. The van der Waals surface area contributed by atoms with E-state index in [2.05, 4.69) is 4.74 Å². The fourth-order valence-corrected chi connectivity index (χ4v) is 2.72. The quantitative estimate of drug-likeness (QED) is 0.601. The molecule has 0 aliphatic carbocycles. The van der Waals surface area contributed by atoms with Gasteiger partial charge in [0.25, 0.3) is 0 Å². The third-order valence-corrected chi connectivity index (χ3v) is 3.50. The molecule has 0 aromatic rings. The van der Waals surface area contributed by atoms with Gasteiger partial charge in [-0.25, -0.2) is 4.79 Å². The number of nitrogens with zero attached hydrogens (tertiary/aromatic N) is 1. The summed E-state index contributed by atoms with van der Waals surface area (Å²) in [6.07, 6.45) is 1.20. The van der Waals surface area contributed by atoms with Crippen LogP contribution in [0.1, 0.15) is 25.7 Å². The fourth-order valence-electron chi connectivity index (χ4n) is 2.72. The van der Waals surface area contributed by atoms with Crippen LogP contribution >= 0.6 is 0 Å². The first-order valence-corrected chi connectivity index (χ1v) is 5.37. The fraction of sp³-hybridized carbons (Fsp3) is 0.900. The lowest BCUT2D eigenvalue weighted by molar-refractivity contribution is -0.0856. The predicted octanol–water partition coefficient (Wildman–Crippen LogP) is 0.101. The number of amides is 1. The molecule has 2 N–H and O–H groups in total. The normalized spacial score (nSPS) is 40.1. The molecule has 2 bridgehead atoms. The summed E-state index contributed by atoms with van der Waals surface area (Å²) in [4.78, 5) is 13.1. The molecule has 15 heavy (non-hydrogen) atoms. The highest BCUT2D eigenvalue weighted by Crippen LogP contribution is 2.34. The molecule has 2 fully saturated rings. The number of ether oxygens (including phenoxy) is 1. The Morgan fingerprint density at radius 1 is 1.13 bits per heavy atom. The number of methoxy groups -OCH3 is 1. The van der Waals surface area contributed by atoms with Crippen LogP contribution in [0, 0.1) is 0 Å². The molecule has 2 heterocycles. The second-order valence-electron chi connectivity index (χ2n) is 4.30. The van der Waals surface area contributed by atoms with Crippen LogP contribution < -0.4 is 0 Å². The van der Waals surface area contributed by atoms with Gasteiger partial charge in [-0.2, -0.15) is 0 Å². The van der Waals surface area contributed by atoms with Crippen LogP contribution in [-0.2, 0) is 4.74 Å². The van der Waals surface area contributed by atoms with Gasteiger partial charge in [-0.05, 0) is 25.7 Å². The first-order chi connectivity index (χ1) is 7.15. The van der Waals surface area contributed by atoms with Crippen molar-refractivity contribution in [1.82, 2.24) is 4.90 Å². The van der Waals surface area contributed by atoms with Crippen molar-refractivity contribution in [2.75, 3.05) is 7.11 Å². The molecule has 1 amide bonds. The molecule has 2 aliphatic heterocycles. The van der Waals surface area contributed by atoms with Crippen molar-refractivity contribution < 1.29 is 19.7 Å². The van der Waals surface area contributed by atoms with Crippen LogP contribution in [-0.4, -0.2) is 52.6 Å². The first-order valence-electron chi connectivity index (χ1n) is 5.37. The Hall–Kier alpha value is -0.810. The minimum absolute atomic E-state index is 0.181. The van der Waals surface area contributed by atoms with Gasteiger partial charge in [0.05, 0.1) is 31.4 Å². The van der Waals surface area contributed by atoms with Crippen molar-refractivity contribution in [2.24, 2.45) is 0 Å². The van der Waals surface area contributed by atoms with E-state index in [0.29, 0.717) is 25.7 Å². The van der Waals surface area contributed by atoms with Crippen LogP contribution in [0.15, 0.2) is 0 Å². The van der Waals surface area contributed by atoms with Crippen molar-refractivity contribution in [3.05, 3.63) is 0 Å². The smallest absolute Gasteiger partial charge is 0.410 e. The van der Waals surface area contributed by atoms with Crippen LogP contribution in [0.3, 0.4) is 0 Å². The monoisotopic (exact) mass is 215 g/mol. The molecule has 5 heteroatoms. The lowest BCUT2D eigenvalue weighted by atomic mass is 9.81. The number of hydrogen-bond donors (Lipinski definition) is 2. The van der Waals surface area contributed by atoms with Crippen molar-refractivity contribution in [1.29, 1.82) is 0 Å². The maximum atomic E-state index is 11.6. The predicted molar refractivity (Wildman–Crippen MR) is 52.3 cm³/mol. The molecule has 0 spiro atoms. The van der Waals surface area contributed by atoms with E-state index in [4.69, 9.17) is 0 Å². The Morgan fingerprint density at radius 2 is 1.60 bits per heavy atom. The van der Waals surface area contributed by atoms with Crippen molar-refractivity contribution in [3.8, 4) is 0 Å². The van der Waals surface area contributed by atoms with Gasteiger partial charge in [-0.15, -0.1) is 0 Å². The first kappa shape index (κ1) is 10.7. The number of piperidine rings is 2. The van der Waals surface area contributed by atoms with E-state index in [-0.39, 0.29) is 12.1 Å². The Morgan fingerprint density at radius 3 is 2.00 bits per heavy atom. The molecular formula is C10H17NO4. The van der Waals surface area contributed by atoms with Crippen LogP contribution in [0.2, 0.25) is 0 Å². The molecule has 5 nitrogen and oxygen atoms in total. The van der Waals surface area contributed by atoms with Crippen molar-refractivity contribution in [2.45, 2.75) is 50.0 Å². The average Bonchev–Trinajstić information content (AvgIpc) is 2.25. The Bertz CT molecular complexity index is 240. The summed E-state index contributed by atoms with van der Waals surface area (Å²) in [6, 6.07) is -0.362. The van der Waals surface area contributed by atoms with Gasteiger partial charge in [0.2, 0.25) is 0 Å². The van der Waals surface area contributed by atoms with Crippen LogP contribution in [0.25, 0.3) is 0 Å². The zero-order chi connectivity index (χ0) is 11.0. The summed E-state index contributed by atoms with van der Waals surface area (Å²) in [5.41, 5.74) is 0. The highest BCUT2D eigenvalue weighted by molar-refractivity contribution is 5.69.